The average Bonchev–Trinajstić information content (AvgIpc) is 2.18. The van der Waals surface area contributed by atoms with Gasteiger partial charge in [0.25, 0.3) is 0 Å². The molecule has 0 saturated carbocycles. The Morgan fingerprint density at radius 2 is 2.36 bits per heavy atom. The van der Waals surface area contributed by atoms with Crippen LogP contribution in [0, 0.1) is 0 Å². The Labute approximate surface area is 87.8 Å². The Morgan fingerprint density at radius 3 is 3.00 bits per heavy atom. The minimum absolute atomic E-state index is 0.408. The maximum atomic E-state index is 5.53. The third-order valence-electron chi connectivity index (χ3n) is 2.88. The van der Waals surface area contributed by atoms with Crippen LogP contribution in [-0.4, -0.2) is 49.8 Å². The molecule has 0 aromatic rings. The van der Waals surface area contributed by atoms with Crippen LogP contribution < -0.4 is 5.32 Å². The lowest BCUT2D eigenvalue weighted by molar-refractivity contribution is -0.0323. The Morgan fingerprint density at radius 1 is 1.57 bits per heavy atom. The predicted octanol–water partition coefficient (Wildman–Crippen LogP) is 1.10. The SMILES string of the molecule is CCNCCC(C)N1CCOC(C)C1. The number of hydrogen-bond donors (Lipinski definition) is 1. The largest absolute Gasteiger partial charge is 0.376 e. The van der Waals surface area contributed by atoms with Crippen molar-refractivity contribution in [3.63, 3.8) is 0 Å². The molecule has 1 heterocycles. The van der Waals surface area contributed by atoms with Gasteiger partial charge in [0, 0.05) is 19.1 Å². The normalized spacial score (nSPS) is 26.4. The molecule has 1 N–H and O–H groups in total. The highest BCUT2D eigenvalue weighted by Gasteiger charge is 2.20. The summed E-state index contributed by atoms with van der Waals surface area (Å²) in [5, 5.41) is 3.37. The first-order valence-electron chi connectivity index (χ1n) is 5.80. The van der Waals surface area contributed by atoms with Gasteiger partial charge in [-0.2, -0.15) is 0 Å². The molecule has 1 aliphatic heterocycles. The van der Waals surface area contributed by atoms with Gasteiger partial charge < -0.3 is 10.1 Å². The van der Waals surface area contributed by atoms with Gasteiger partial charge in [0.05, 0.1) is 12.7 Å². The summed E-state index contributed by atoms with van der Waals surface area (Å²) in [5.74, 6) is 0. The highest BCUT2D eigenvalue weighted by molar-refractivity contribution is 4.74. The Bertz CT molecular complexity index is 152. The number of nitrogens with zero attached hydrogens (tertiary/aromatic N) is 1. The summed E-state index contributed by atoms with van der Waals surface area (Å²) < 4.78 is 5.53. The van der Waals surface area contributed by atoms with Crippen LogP contribution in [0.5, 0.6) is 0 Å². The monoisotopic (exact) mass is 200 g/mol. The van der Waals surface area contributed by atoms with E-state index < -0.39 is 0 Å². The summed E-state index contributed by atoms with van der Waals surface area (Å²) >= 11 is 0. The summed E-state index contributed by atoms with van der Waals surface area (Å²) in [7, 11) is 0. The van der Waals surface area contributed by atoms with E-state index in [1.807, 2.05) is 0 Å². The highest BCUT2D eigenvalue weighted by Crippen LogP contribution is 2.10. The molecule has 0 spiro atoms. The van der Waals surface area contributed by atoms with Gasteiger partial charge in [-0.25, -0.2) is 0 Å². The highest BCUT2D eigenvalue weighted by atomic mass is 16.5. The number of nitrogens with one attached hydrogen (secondary N) is 1. The van der Waals surface area contributed by atoms with Crippen LogP contribution in [0.3, 0.4) is 0 Å². The average molecular weight is 200 g/mol. The molecular weight excluding hydrogens is 176 g/mol. The van der Waals surface area contributed by atoms with E-state index in [0.717, 1.165) is 32.8 Å². The van der Waals surface area contributed by atoms with Gasteiger partial charge >= 0.3 is 0 Å². The summed E-state index contributed by atoms with van der Waals surface area (Å²) in [6.07, 6.45) is 1.64. The third-order valence-corrected chi connectivity index (χ3v) is 2.88. The maximum absolute atomic E-state index is 5.53. The fraction of sp³-hybridized carbons (Fsp3) is 1.00. The maximum Gasteiger partial charge on any atom is 0.0674 e. The first-order valence-corrected chi connectivity index (χ1v) is 5.80. The van der Waals surface area contributed by atoms with Crippen molar-refractivity contribution in [1.29, 1.82) is 0 Å². The second kappa shape index (κ2) is 6.38. The van der Waals surface area contributed by atoms with Gasteiger partial charge in [0.1, 0.15) is 0 Å². The third kappa shape index (κ3) is 3.95. The second-order valence-electron chi connectivity index (χ2n) is 4.17. The molecule has 3 nitrogen and oxygen atoms in total. The topological polar surface area (TPSA) is 24.5 Å². The first kappa shape index (κ1) is 12.0. The van der Waals surface area contributed by atoms with Gasteiger partial charge in [-0.3, -0.25) is 4.90 Å². The molecule has 2 unspecified atom stereocenters. The van der Waals surface area contributed by atoms with E-state index in [0.29, 0.717) is 12.1 Å². The Hall–Kier alpha value is -0.120. The van der Waals surface area contributed by atoms with Gasteiger partial charge in [-0.15, -0.1) is 0 Å². The molecule has 1 saturated heterocycles. The number of rotatable bonds is 5. The molecule has 0 aromatic carbocycles. The standard InChI is InChI=1S/C11H24N2O/c1-4-12-6-5-10(2)13-7-8-14-11(3)9-13/h10-12H,4-9H2,1-3H3. The van der Waals surface area contributed by atoms with Crippen molar-refractivity contribution in [3.8, 4) is 0 Å². The van der Waals surface area contributed by atoms with Crippen LogP contribution in [-0.2, 0) is 4.74 Å². The number of ether oxygens (including phenoxy) is 1. The van der Waals surface area contributed by atoms with Crippen molar-refractivity contribution >= 4 is 0 Å². The molecule has 1 rings (SSSR count). The van der Waals surface area contributed by atoms with E-state index >= 15 is 0 Å². The fourth-order valence-electron chi connectivity index (χ4n) is 1.92. The van der Waals surface area contributed by atoms with Crippen molar-refractivity contribution in [3.05, 3.63) is 0 Å². The Kier molecular flexibility index (Phi) is 5.45. The molecular formula is C11H24N2O. The summed E-state index contributed by atoms with van der Waals surface area (Å²) in [4.78, 5) is 2.53. The van der Waals surface area contributed by atoms with Crippen LogP contribution in [0.4, 0.5) is 0 Å². The van der Waals surface area contributed by atoms with Crippen molar-refractivity contribution in [2.24, 2.45) is 0 Å². The summed E-state index contributed by atoms with van der Waals surface area (Å²) in [6, 6.07) is 0.681. The van der Waals surface area contributed by atoms with Gasteiger partial charge in [-0.05, 0) is 33.4 Å². The van der Waals surface area contributed by atoms with E-state index in [1.54, 1.807) is 0 Å². The van der Waals surface area contributed by atoms with E-state index in [1.165, 1.54) is 6.42 Å². The van der Waals surface area contributed by atoms with E-state index in [2.05, 4.69) is 31.0 Å². The van der Waals surface area contributed by atoms with E-state index in [-0.39, 0.29) is 0 Å². The molecule has 84 valence electrons. The smallest absolute Gasteiger partial charge is 0.0674 e. The lowest BCUT2D eigenvalue weighted by atomic mass is 10.1. The van der Waals surface area contributed by atoms with E-state index in [4.69, 9.17) is 4.74 Å². The van der Waals surface area contributed by atoms with E-state index in [9.17, 15) is 0 Å². The minimum Gasteiger partial charge on any atom is -0.376 e. The quantitative estimate of drug-likeness (QED) is 0.673. The lowest BCUT2D eigenvalue weighted by Crippen LogP contribution is -2.46. The van der Waals surface area contributed by atoms with Crippen LogP contribution in [0.25, 0.3) is 0 Å². The van der Waals surface area contributed by atoms with Gasteiger partial charge in [-0.1, -0.05) is 6.92 Å². The van der Waals surface area contributed by atoms with Crippen LogP contribution >= 0.6 is 0 Å². The summed E-state index contributed by atoms with van der Waals surface area (Å²) in [5.41, 5.74) is 0. The molecule has 1 aliphatic rings. The predicted molar refractivity (Wildman–Crippen MR) is 59.6 cm³/mol. The number of hydrogen-bond acceptors (Lipinski definition) is 3. The molecule has 0 bridgehead atoms. The summed E-state index contributed by atoms with van der Waals surface area (Å²) in [6.45, 7) is 11.9. The first-order chi connectivity index (χ1) is 6.74. The second-order valence-corrected chi connectivity index (χ2v) is 4.17. The zero-order chi connectivity index (χ0) is 10.4. The molecule has 0 aliphatic carbocycles. The molecule has 0 radical (unpaired) electrons. The molecule has 0 amide bonds. The molecule has 3 heteroatoms. The van der Waals surface area contributed by atoms with Crippen LogP contribution in [0.2, 0.25) is 0 Å². The molecule has 0 aromatic heterocycles. The van der Waals surface area contributed by atoms with Gasteiger partial charge in [0.15, 0.2) is 0 Å². The number of morpholine rings is 1. The van der Waals surface area contributed by atoms with Crippen LogP contribution in [0.1, 0.15) is 27.2 Å². The molecule has 2 atom stereocenters. The van der Waals surface area contributed by atoms with Crippen molar-refractivity contribution < 1.29 is 4.74 Å². The zero-order valence-electron chi connectivity index (χ0n) is 9.75. The molecule has 1 fully saturated rings. The Balaban J connectivity index is 2.18. The van der Waals surface area contributed by atoms with Gasteiger partial charge in [0.2, 0.25) is 0 Å². The molecule has 14 heavy (non-hydrogen) atoms. The zero-order valence-corrected chi connectivity index (χ0v) is 9.75. The van der Waals surface area contributed by atoms with Crippen molar-refractivity contribution in [1.82, 2.24) is 10.2 Å². The fourth-order valence-corrected chi connectivity index (χ4v) is 1.92. The van der Waals surface area contributed by atoms with Crippen molar-refractivity contribution in [2.75, 3.05) is 32.8 Å². The van der Waals surface area contributed by atoms with Crippen molar-refractivity contribution in [2.45, 2.75) is 39.3 Å². The minimum atomic E-state index is 0.408. The van der Waals surface area contributed by atoms with Crippen LogP contribution in [0.15, 0.2) is 0 Å². The lowest BCUT2D eigenvalue weighted by Gasteiger charge is -2.35.